The number of pyridine rings is 1. The lowest BCUT2D eigenvalue weighted by molar-refractivity contribution is -0.130. The molecule has 10 heteroatoms. The first-order valence-corrected chi connectivity index (χ1v) is 14.6. The Morgan fingerprint density at radius 1 is 1.09 bits per heavy atom. The van der Waals surface area contributed by atoms with E-state index in [1.165, 1.54) is 12.1 Å². The number of halogens is 2. The van der Waals surface area contributed by atoms with E-state index < -0.39 is 5.82 Å². The molecule has 3 aromatic rings. The Bertz CT molecular complexity index is 1680. The average molecular weight is 600 g/mol. The van der Waals surface area contributed by atoms with Crippen LogP contribution in [-0.2, 0) is 4.79 Å². The predicted octanol–water partition coefficient (Wildman–Crippen LogP) is 6.88. The first kappa shape index (κ1) is 30.1. The van der Waals surface area contributed by atoms with Crippen LogP contribution in [-0.4, -0.2) is 61.7 Å². The van der Waals surface area contributed by atoms with Crippen molar-refractivity contribution >= 4 is 40.9 Å². The molecular weight excluding hydrogens is 565 g/mol. The molecule has 2 aromatic heterocycles. The first-order chi connectivity index (χ1) is 20.5. The standard InChI is InChI=1S/C33H35ClFN7O/c1-9-27-36-21(7)31(29(38-27)18(3)4)42-22(8)37-32(41-17-19(5)40(16-20(41)6)28(43)10-2)24-15-25(34)30(39-33(24)42)23-13-11-12-14-26(23)35/h9-15,18-20H,1-2,8,16-17H2,3-7H3. The molecule has 1 aromatic carbocycles. The maximum absolute atomic E-state index is 15.1. The van der Waals surface area contributed by atoms with Gasteiger partial charge in [0.1, 0.15) is 17.5 Å². The van der Waals surface area contributed by atoms with Crippen LogP contribution in [0, 0.1) is 12.7 Å². The fraction of sp³-hybridized carbons (Fsp3) is 0.303. The molecule has 0 radical (unpaired) electrons. The summed E-state index contributed by atoms with van der Waals surface area (Å²) in [6.45, 7) is 22.9. The monoisotopic (exact) mass is 599 g/mol. The van der Waals surface area contributed by atoms with Gasteiger partial charge >= 0.3 is 0 Å². The Morgan fingerprint density at radius 2 is 1.81 bits per heavy atom. The van der Waals surface area contributed by atoms with Gasteiger partial charge in [-0.25, -0.2) is 24.3 Å². The number of carbonyl (C=O) groups excluding carboxylic acids is 1. The normalized spacial score (nSPS) is 18.5. The Hall–Kier alpha value is -4.37. The largest absolute Gasteiger partial charge is 0.349 e. The van der Waals surface area contributed by atoms with Crippen LogP contribution in [0.15, 0.2) is 67.0 Å². The smallest absolute Gasteiger partial charge is 0.246 e. The number of nitrogens with zero attached hydrogens (tertiary/aromatic N) is 7. The van der Waals surface area contributed by atoms with Crippen molar-refractivity contribution in [2.75, 3.05) is 18.0 Å². The molecule has 8 nitrogen and oxygen atoms in total. The van der Waals surface area contributed by atoms with Gasteiger partial charge in [-0.05, 0) is 57.0 Å². The highest BCUT2D eigenvalue weighted by Crippen LogP contribution is 2.44. The summed E-state index contributed by atoms with van der Waals surface area (Å²) in [5.41, 5.74) is 3.40. The fourth-order valence-corrected chi connectivity index (χ4v) is 5.95. The SMILES string of the molecule is C=CC(=O)N1CC(C)N(C2=NC(=C)N(c3c(C)nc(C=C)nc3C(C)C)c3nc(-c4ccccc4F)c(Cl)cc32)CC1C. The number of anilines is 2. The van der Waals surface area contributed by atoms with E-state index in [2.05, 4.69) is 29.6 Å². The lowest BCUT2D eigenvalue weighted by Crippen LogP contribution is -2.59. The van der Waals surface area contributed by atoms with Gasteiger partial charge in [-0.15, -0.1) is 0 Å². The number of hydrogen-bond donors (Lipinski definition) is 0. The van der Waals surface area contributed by atoms with Crippen LogP contribution in [0.1, 0.15) is 56.4 Å². The molecule has 0 aliphatic carbocycles. The minimum Gasteiger partial charge on any atom is -0.349 e. The van der Waals surface area contributed by atoms with Crippen molar-refractivity contribution in [3.05, 3.63) is 95.6 Å². The molecule has 1 fully saturated rings. The lowest BCUT2D eigenvalue weighted by atomic mass is 10.0. The van der Waals surface area contributed by atoms with E-state index in [-0.39, 0.29) is 34.5 Å². The minimum atomic E-state index is -0.435. The number of fused-ring (bicyclic) bond motifs is 1. The van der Waals surface area contributed by atoms with E-state index in [9.17, 15) is 4.79 Å². The number of aliphatic imine (C=N–C) groups is 1. The van der Waals surface area contributed by atoms with E-state index in [1.807, 2.05) is 44.4 Å². The number of amidine groups is 1. The van der Waals surface area contributed by atoms with Gasteiger partial charge in [0.05, 0.1) is 33.4 Å². The zero-order valence-corrected chi connectivity index (χ0v) is 25.9. The Kier molecular flexibility index (Phi) is 8.21. The fourth-order valence-electron chi connectivity index (χ4n) is 5.69. The van der Waals surface area contributed by atoms with Gasteiger partial charge in [0.25, 0.3) is 0 Å². The molecular formula is C33H35ClFN7O. The zero-order valence-electron chi connectivity index (χ0n) is 25.1. The zero-order chi connectivity index (χ0) is 31.2. The van der Waals surface area contributed by atoms with Crippen molar-refractivity contribution in [3.8, 4) is 11.3 Å². The van der Waals surface area contributed by atoms with Gasteiger partial charge in [-0.3, -0.25) is 9.69 Å². The van der Waals surface area contributed by atoms with Crippen molar-refractivity contribution in [2.24, 2.45) is 4.99 Å². The summed E-state index contributed by atoms with van der Waals surface area (Å²) >= 11 is 6.86. The molecule has 0 bridgehead atoms. The van der Waals surface area contributed by atoms with Crippen LogP contribution in [0.25, 0.3) is 17.3 Å². The van der Waals surface area contributed by atoms with Gasteiger partial charge < -0.3 is 9.80 Å². The summed E-state index contributed by atoms with van der Waals surface area (Å²) in [5, 5.41) is 0.282. The van der Waals surface area contributed by atoms with Gasteiger partial charge in [0, 0.05) is 30.7 Å². The average Bonchev–Trinajstić information content (AvgIpc) is 2.97. The van der Waals surface area contributed by atoms with Crippen molar-refractivity contribution < 1.29 is 9.18 Å². The highest BCUT2D eigenvalue weighted by atomic mass is 35.5. The molecule has 2 unspecified atom stereocenters. The second-order valence-electron chi connectivity index (χ2n) is 11.2. The molecule has 1 saturated heterocycles. The second-order valence-corrected chi connectivity index (χ2v) is 11.6. The summed E-state index contributed by atoms with van der Waals surface area (Å²) in [7, 11) is 0. The van der Waals surface area contributed by atoms with Gasteiger partial charge in [-0.1, -0.05) is 57.3 Å². The van der Waals surface area contributed by atoms with Crippen molar-refractivity contribution in [3.63, 3.8) is 0 Å². The predicted molar refractivity (Wildman–Crippen MR) is 171 cm³/mol. The third-order valence-electron chi connectivity index (χ3n) is 7.80. The molecule has 4 heterocycles. The molecule has 222 valence electrons. The Labute approximate surface area is 256 Å². The van der Waals surface area contributed by atoms with Crippen LogP contribution in [0.2, 0.25) is 5.02 Å². The lowest BCUT2D eigenvalue weighted by Gasteiger charge is -2.46. The summed E-state index contributed by atoms with van der Waals surface area (Å²) in [6, 6.07) is 8.00. The molecule has 2 aliphatic rings. The van der Waals surface area contributed by atoms with Gasteiger partial charge in [-0.2, -0.15) is 0 Å². The number of aromatic nitrogens is 3. The number of rotatable bonds is 5. The highest BCUT2D eigenvalue weighted by Gasteiger charge is 2.38. The number of carbonyl (C=O) groups is 1. The van der Waals surface area contributed by atoms with E-state index in [1.54, 1.807) is 30.3 Å². The number of hydrogen-bond acceptors (Lipinski definition) is 7. The maximum atomic E-state index is 15.1. The van der Waals surface area contributed by atoms with Crippen molar-refractivity contribution in [1.29, 1.82) is 0 Å². The number of piperazine rings is 1. The third-order valence-corrected chi connectivity index (χ3v) is 8.09. The molecule has 0 spiro atoms. The Morgan fingerprint density at radius 3 is 2.47 bits per heavy atom. The molecule has 2 aliphatic heterocycles. The summed E-state index contributed by atoms with van der Waals surface area (Å²) in [6.07, 6.45) is 2.96. The van der Waals surface area contributed by atoms with Crippen LogP contribution >= 0.6 is 11.6 Å². The van der Waals surface area contributed by atoms with Crippen LogP contribution in [0.5, 0.6) is 0 Å². The van der Waals surface area contributed by atoms with E-state index >= 15 is 4.39 Å². The molecule has 43 heavy (non-hydrogen) atoms. The van der Waals surface area contributed by atoms with Gasteiger partial charge in [0.2, 0.25) is 5.91 Å². The molecule has 0 N–H and O–H groups in total. The van der Waals surface area contributed by atoms with E-state index in [0.29, 0.717) is 59.0 Å². The van der Waals surface area contributed by atoms with Gasteiger partial charge in [0.15, 0.2) is 11.6 Å². The minimum absolute atomic E-state index is 0.0201. The second kappa shape index (κ2) is 11.7. The first-order valence-electron chi connectivity index (χ1n) is 14.2. The highest BCUT2D eigenvalue weighted by molar-refractivity contribution is 6.33. The van der Waals surface area contributed by atoms with Crippen LogP contribution in [0.4, 0.5) is 15.9 Å². The summed E-state index contributed by atoms with van der Waals surface area (Å²) < 4.78 is 15.1. The van der Waals surface area contributed by atoms with Crippen molar-refractivity contribution in [1.82, 2.24) is 24.8 Å². The molecule has 2 atom stereocenters. The third kappa shape index (κ3) is 5.33. The van der Waals surface area contributed by atoms with E-state index in [4.69, 9.17) is 26.6 Å². The quantitative estimate of drug-likeness (QED) is 0.297. The number of aryl methyl sites for hydroxylation is 1. The van der Waals surface area contributed by atoms with E-state index in [0.717, 1.165) is 5.69 Å². The Balaban J connectivity index is 1.74. The summed E-state index contributed by atoms with van der Waals surface area (Å²) in [4.78, 5) is 37.8. The molecule has 1 amide bonds. The summed E-state index contributed by atoms with van der Waals surface area (Å²) in [5.74, 6) is 1.51. The van der Waals surface area contributed by atoms with Crippen LogP contribution in [0.3, 0.4) is 0 Å². The van der Waals surface area contributed by atoms with Crippen LogP contribution < -0.4 is 4.90 Å². The maximum Gasteiger partial charge on any atom is 0.246 e. The topological polar surface area (TPSA) is 77.8 Å². The number of benzene rings is 1. The van der Waals surface area contributed by atoms with Crippen molar-refractivity contribution in [2.45, 2.75) is 52.6 Å². The molecule has 5 rings (SSSR count). The number of amides is 1. The molecule has 0 saturated carbocycles.